The van der Waals surface area contributed by atoms with Crippen molar-refractivity contribution in [3.05, 3.63) is 41.5 Å². The number of amides is 1. The first-order valence-electron chi connectivity index (χ1n) is 6.55. The van der Waals surface area contributed by atoms with E-state index in [1.165, 1.54) is 6.08 Å². The van der Waals surface area contributed by atoms with Crippen molar-refractivity contribution < 1.29 is 9.21 Å². The highest BCUT2D eigenvalue weighted by atomic mass is 16.3. The molecular formula is C15H16N4O2. The second-order valence-corrected chi connectivity index (χ2v) is 4.57. The van der Waals surface area contributed by atoms with Crippen LogP contribution in [0.4, 0.5) is 5.82 Å². The Morgan fingerprint density at radius 1 is 1.52 bits per heavy atom. The van der Waals surface area contributed by atoms with Gasteiger partial charge in [-0.05, 0) is 32.1 Å². The molecular weight excluding hydrogens is 268 g/mol. The lowest BCUT2D eigenvalue weighted by atomic mass is 10.3. The summed E-state index contributed by atoms with van der Waals surface area (Å²) in [6.07, 6.45) is 3.34. The summed E-state index contributed by atoms with van der Waals surface area (Å²) < 4.78 is 6.96. The van der Waals surface area contributed by atoms with Crippen LogP contribution in [0.25, 0.3) is 6.08 Å². The van der Waals surface area contributed by atoms with Crippen LogP contribution in [0.3, 0.4) is 0 Å². The molecule has 6 nitrogen and oxygen atoms in total. The molecule has 21 heavy (non-hydrogen) atoms. The summed E-state index contributed by atoms with van der Waals surface area (Å²) in [4.78, 5) is 11.9. The molecule has 0 aliphatic carbocycles. The Kier molecular flexibility index (Phi) is 4.57. The zero-order valence-electron chi connectivity index (χ0n) is 12.0. The van der Waals surface area contributed by atoms with E-state index in [0.717, 1.165) is 11.5 Å². The van der Waals surface area contributed by atoms with Crippen LogP contribution >= 0.6 is 0 Å². The van der Waals surface area contributed by atoms with Gasteiger partial charge in [-0.1, -0.05) is 0 Å². The van der Waals surface area contributed by atoms with Crippen LogP contribution in [0, 0.1) is 25.2 Å². The van der Waals surface area contributed by atoms with Crippen LogP contribution in [0.5, 0.6) is 0 Å². The Labute approximate surface area is 122 Å². The van der Waals surface area contributed by atoms with E-state index in [-0.39, 0.29) is 5.91 Å². The van der Waals surface area contributed by atoms with Crippen molar-refractivity contribution in [3.8, 4) is 6.07 Å². The minimum Gasteiger partial charge on any atom is -0.462 e. The first-order chi connectivity index (χ1) is 10.1. The molecule has 0 aromatic carbocycles. The lowest BCUT2D eigenvalue weighted by molar-refractivity contribution is -0.111. The number of rotatable bonds is 5. The summed E-state index contributed by atoms with van der Waals surface area (Å²) in [5.74, 6) is 1.72. The van der Waals surface area contributed by atoms with Crippen LogP contribution in [-0.4, -0.2) is 15.7 Å². The third-order valence-electron chi connectivity index (χ3n) is 2.75. The number of carbonyl (C=O) groups excluding carboxylic acids is 1. The quantitative estimate of drug-likeness (QED) is 0.855. The molecule has 0 atom stereocenters. The first kappa shape index (κ1) is 14.6. The number of carbonyl (C=O) groups is 1. The van der Waals surface area contributed by atoms with Crippen LogP contribution in [0.15, 0.2) is 28.7 Å². The molecule has 1 amide bonds. The molecule has 0 radical (unpaired) electrons. The van der Waals surface area contributed by atoms with Crippen LogP contribution in [0.2, 0.25) is 0 Å². The maximum Gasteiger partial charge on any atom is 0.249 e. The van der Waals surface area contributed by atoms with Gasteiger partial charge in [0.25, 0.3) is 0 Å². The molecule has 1 N–H and O–H groups in total. The second kappa shape index (κ2) is 6.57. The number of nitriles is 1. The van der Waals surface area contributed by atoms with E-state index >= 15 is 0 Å². The summed E-state index contributed by atoms with van der Waals surface area (Å²) in [6, 6.07) is 7.44. The molecule has 108 valence electrons. The van der Waals surface area contributed by atoms with Gasteiger partial charge in [-0.15, -0.1) is 0 Å². The summed E-state index contributed by atoms with van der Waals surface area (Å²) in [6.45, 7) is 4.12. The van der Waals surface area contributed by atoms with Crippen LogP contribution < -0.4 is 5.32 Å². The number of hydrogen-bond donors (Lipinski definition) is 1. The molecule has 0 spiro atoms. The van der Waals surface area contributed by atoms with Gasteiger partial charge in [0.05, 0.1) is 24.7 Å². The van der Waals surface area contributed by atoms with Gasteiger partial charge in [0.2, 0.25) is 5.91 Å². The average molecular weight is 284 g/mol. The fraction of sp³-hybridized carbons (Fsp3) is 0.267. The normalized spacial score (nSPS) is 10.7. The first-order valence-corrected chi connectivity index (χ1v) is 6.55. The largest absolute Gasteiger partial charge is 0.462 e. The average Bonchev–Trinajstić information content (AvgIpc) is 3.00. The Hall–Kier alpha value is -2.81. The van der Waals surface area contributed by atoms with E-state index < -0.39 is 0 Å². The van der Waals surface area contributed by atoms with Crippen LogP contribution in [-0.2, 0) is 11.3 Å². The smallest absolute Gasteiger partial charge is 0.249 e. The summed E-state index contributed by atoms with van der Waals surface area (Å²) in [7, 11) is 0. The molecule has 2 aromatic heterocycles. The van der Waals surface area contributed by atoms with Gasteiger partial charge in [0.15, 0.2) is 0 Å². The van der Waals surface area contributed by atoms with E-state index in [4.69, 9.17) is 9.68 Å². The number of aryl methyl sites for hydroxylation is 3. The van der Waals surface area contributed by atoms with Gasteiger partial charge < -0.3 is 9.73 Å². The van der Waals surface area contributed by atoms with Crippen molar-refractivity contribution in [2.24, 2.45) is 0 Å². The van der Waals surface area contributed by atoms with Crippen molar-refractivity contribution in [2.75, 3.05) is 5.32 Å². The third-order valence-corrected chi connectivity index (χ3v) is 2.75. The van der Waals surface area contributed by atoms with Gasteiger partial charge in [-0.25, -0.2) is 4.68 Å². The number of hydrogen-bond acceptors (Lipinski definition) is 4. The van der Waals surface area contributed by atoms with E-state index in [1.54, 1.807) is 22.9 Å². The Morgan fingerprint density at radius 2 is 2.33 bits per heavy atom. The predicted molar refractivity (Wildman–Crippen MR) is 78.3 cm³/mol. The number of anilines is 1. The Balaban J connectivity index is 2.02. The lowest BCUT2D eigenvalue weighted by Gasteiger charge is -2.04. The number of nitrogens with one attached hydrogen (secondary N) is 1. The number of aromatic nitrogens is 2. The number of nitrogens with zero attached hydrogens (tertiary/aromatic N) is 3. The molecule has 0 saturated carbocycles. The van der Waals surface area contributed by atoms with Gasteiger partial charge in [0.1, 0.15) is 17.3 Å². The zero-order valence-corrected chi connectivity index (χ0v) is 12.0. The molecule has 2 heterocycles. The van der Waals surface area contributed by atoms with E-state index in [1.807, 2.05) is 19.9 Å². The standard InChI is InChI=1S/C15H16N4O2/c1-11-10-14(19(18-11)9-3-8-16)17-15(20)7-6-13-5-4-12(2)21-13/h4-7,10H,3,9H2,1-2H3,(H,17,20). The number of furan rings is 1. The molecule has 0 aliphatic rings. The summed E-state index contributed by atoms with van der Waals surface area (Å²) in [5.41, 5.74) is 0.786. The minimum atomic E-state index is -0.276. The highest BCUT2D eigenvalue weighted by Crippen LogP contribution is 2.12. The monoisotopic (exact) mass is 284 g/mol. The maximum atomic E-state index is 11.9. The van der Waals surface area contributed by atoms with E-state index in [0.29, 0.717) is 24.5 Å². The van der Waals surface area contributed by atoms with Gasteiger partial charge in [-0.2, -0.15) is 10.4 Å². The maximum absolute atomic E-state index is 11.9. The minimum absolute atomic E-state index is 0.276. The van der Waals surface area contributed by atoms with Crippen molar-refractivity contribution in [1.29, 1.82) is 5.26 Å². The fourth-order valence-electron chi connectivity index (χ4n) is 1.84. The lowest BCUT2D eigenvalue weighted by Crippen LogP contribution is -2.13. The molecule has 2 aromatic rings. The zero-order chi connectivity index (χ0) is 15.2. The SMILES string of the molecule is Cc1cc(NC(=O)C=Cc2ccc(C)o2)n(CCC#N)n1. The third kappa shape index (κ3) is 4.08. The molecule has 6 heteroatoms. The summed E-state index contributed by atoms with van der Waals surface area (Å²) in [5, 5.41) is 15.6. The van der Waals surface area contributed by atoms with Crippen LogP contribution in [0.1, 0.15) is 23.6 Å². The Bertz CT molecular complexity index is 704. The molecule has 0 saturated heterocycles. The second-order valence-electron chi connectivity index (χ2n) is 4.57. The van der Waals surface area contributed by atoms with Gasteiger partial charge >= 0.3 is 0 Å². The summed E-state index contributed by atoms with van der Waals surface area (Å²) >= 11 is 0. The molecule has 0 fully saturated rings. The van der Waals surface area contributed by atoms with E-state index in [9.17, 15) is 4.79 Å². The molecule has 2 rings (SSSR count). The van der Waals surface area contributed by atoms with Gasteiger partial charge in [0, 0.05) is 12.1 Å². The van der Waals surface area contributed by atoms with Crippen molar-refractivity contribution in [3.63, 3.8) is 0 Å². The van der Waals surface area contributed by atoms with E-state index in [2.05, 4.69) is 16.5 Å². The van der Waals surface area contributed by atoms with Crippen molar-refractivity contribution >= 4 is 17.8 Å². The molecule has 0 bridgehead atoms. The highest BCUT2D eigenvalue weighted by Gasteiger charge is 2.07. The Morgan fingerprint density at radius 3 is 3.00 bits per heavy atom. The topological polar surface area (TPSA) is 83.9 Å². The molecule has 0 aliphatic heterocycles. The van der Waals surface area contributed by atoms with Gasteiger partial charge in [-0.3, -0.25) is 4.79 Å². The van der Waals surface area contributed by atoms with Crippen molar-refractivity contribution in [2.45, 2.75) is 26.8 Å². The van der Waals surface area contributed by atoms with Crippen molar-refractivity contribution in [1.82, 2.24) is 9.78 Å². The fourth-order valence-corrected chi connectivity index (χ4v) is 1.84. The highest BCUT2D eigenvalue weighted by molar-refractivity contribution is 6.01. The predicted octanol–water partition coefficient (Wildman–Crippen LogP) is 2.66. The molecule has 0 unspecified atom stereocenters.